The van der Waals surface area contributed by atoms with Crippen LogP contribution in [0.5, 0.6) is 0 Å². The number of ketones is 2. The van der Waals surface area contributed by atoms with E-state index in [1.165, 1.54) is 35.8 Å². The number of aryl methyl sites for hydroxylation is 2. The van der Waals surface area contributed by atoms with Gasteiger partial charge in [-0.2, -0.15) is 0 Å². The zero-order valence-corrected chi connectivity index (χ0v) is 14.6. The summed E-state index contributed by atoms with van der Waals surface area (Å²) in [7, 11) is 0. The molecule has 0 saturated heterocycles. The topological polar surface area (TPSA) is 43.4 Å². The van der Waals surface area contributed by atoms with E-state index in [0.717, 1.165) is 12.8 Å². The number of rotatable bonds is 8. The predicted octanol–water partition coefficient (Wildman–Crippen LogP) is 4.92. The highest BCUT2D eigenvalue weighted by atomic mass is 16.5. The van der Waals surface area contributed by atoms with Gasteiger partial charge in [-0.25, -0.2) is 0 Å². The van der Waals surface area contributed by atoms with Gasteiger partial charge < -0.3 is 4.74 Å². The minimum atomic E-state index is -0.141. The quantitative estimate of drug-likeness (QED) is 0.391. The Morgan fingerprint density at radius 1 is 0.720 bits per heavy atom. The van der Waals surface area contributed by atoms with Crippen LogP contribution in [0.4, 0.5) is 0 Å². The number of benzene rings is 2. The number of hydrogen-bond donors (Lipinski definition) is 0. The summed E-state index contributed by atoms with van der Waals surface area (Å²) >= 11 is 0. The van der Waals surface area contributed by atoms with Crippen molar-refractivity contribution < 1.29 is 14.3 Å². The summed E-state index contributed by atoms with van der Waals surface area (Å²) in [6.07, 6.45) is 7.11. The summed E-state index contributed by atoms with van der Waals surface area (Å²) in [5, 5.41) is 0. The maximum Gasteiger partial charge on any atom is 0.188 e. The molecule has 128 valence electrons. The molecule has 0 aromatic heterocycles. The molecule has 0 amide bonds. The van der Waals surface area contributed by atoms with Crippen molar-refractivity contribution in [2.24, 2.45) is 0 Å². The van der Waals surface area contributed by atoms with E-state index in [9.17, 15) is 9.59 Å². The number of carbonyl (C=O) groups is 2. The zero-order valence-electron chi connectivity index (χ0n) is 14.6. The maximum absolute atomic E-state index is 12.0. The molecule has 0 aliphatic carbocycles. The number of allylic oxidation sites excluding steroid dienone is 2. The molecule has 0 unspecified atom stereocenters. The molecule has 0 radical (unpaired) electrons. The lowest BCUT2D eigenvalue weighted by molar-refractivity contribution is 0.103. The Kier molecular flexibility index (Phi) is 6.90. The van der Waals surface area contributed by atoms with Crippen LogP contribution in [0.15, 0.2) is 73.2 Å². The molecule has 0 spiro atoms. The molecule has 2 aromatic carbocycles. The van der Waals surface area contributed by atoms with Gasteiger partial charge in [0.25, 0.3) is 0 Å². The van der Waals surface area contributed by atoms with Gasteiger partial charge in [-0.3, -0.25) is 9.59 Å². The van der Waals surface area contributed by atoms with Crippen LogP contribution < -0.4 is 0 Å². The SMILES string of the molecule is CCc1ccc(C(=O)C=COC=CC(=O)c2ccc(CC)cc2)cc1. The Hall–Kier alpha value is -2.94. The Morgan fingerprint density at radius 3 is 1.40 bits per heavy atom. The summed E-state index contributed by atoms with van der Waals surface area (Å²) in [6, 6.07) is 14.9. The molecule has 0 atom stereocenters. The normalized spacial score (nSPS) is 11.1. The van der Waals surface area contributed by atoms with Crippen LogP contribution in [0.25, 0.3) is 0 Å². The van der Waals surface area contributed by atoms with Gasteiger partial charge in [-0.05, 0) is 24.0 Å². The second-order valence-corrected chi connectivity index (χ2v) is 5.57. The average Bonchev–Trinajstić information content (AvgIpc) is 2.67. The van der Waals surface area contributed by atoms with E-state index in [0.29, 0.717) is 11.1 Å². The van der Waals surface area contributed by atoms with Gasteiger partial charge in [0.05, 0.1) is 12.5 Å². The van der Waals surface area contributed by atoms with Crippen LogP contribution in [0, 0.1) is 0 Å². The first-order chi connectivity index (χ1) is 12.1. The first-order valence-corrected chi connectivity index (χ1v) is 8.39. The van der Waals surface area contributed by atoms with Crippen LogP contribution in [-0.2, 0) is 17.6 Å². The molecule has 0 N–H and O–H groups in total. The zero-order chi connectivity index (χ0) is 18.1. The minimum absolute atomic E-state index is 0.141. The number of carbonyl (C=O) groups excluding carboxylic acids is 2. The third kappa shape index (κ3) is 5.57. The van der Waals surface area contributed by atoms with E-state index < -0.39 is 0 Å². The maximum atomic E-state index is 12.0. The summed E-state index contributed by atoms with van der Waals surface area (Å²) in [4.78, 5) is 23.9. The van der Waals surface area contributed by atoms with E-state index in [2.05, 4.69) is 13.8 Å². The summed E-state index contributed by atoms with van der Waals surface area (Å²) in [6.45, 7) is 4.13. The van der Waals surface area contributed by atoms with Crippen molar-refractivity contribution in [1.82, 2.24) is 0 Å². The minimum Gasteiger partial charge on any atom is -0.472 e. The van der Waals surface area contributed by atoms with Gasteiger partial charge in [0.1, 0.15) is 0 Å². The van der Waals surface area contributed by atoms with Crippen LogP contribution >= 0.6 is 0 Å². The molecular weight excluding hydrogens is 312 g/mol. The van der Waals surface area contributed by atoms with Crippen molar-refractivity contribution in [2.75, 3.05) is 0 Å². The highest BCUT2D eigenvalue weighted by Gasteiger charge is 2.02. The first-order valence-electron chi connectivity index (χ1n) is 8.39. The Labute approximate surface area is 148 Å². The Balaban J connectivity index is 1.85. The molecule has 0 aliphatic rings. The fourth-order valence-corrected chi connectivity index (χ4v) is 2.25. The van der Waals surface area contributed by atoms with Gasteiger partial charge >= 0.3 is 0 Å². The van der Waals surface area contributed by atoms with Gasteiger partial charge in [0.15, 0.2) is 11.6 Å². The monoisotopic (exact) mass is 334 g/mol. The highest BCUT2D eigenvalue weighted by molar-refractivity contribution is 6.05. The van der Waals surface area contributed by atoms with Crippen LogP contribution in [-0.4, -0.2) is 11.6 Å². The largest absolute Gasteiger partial charge is 0.472 e. The van der Waals surface area contributed by atoms with Crippen LogP contribution in [0.2, 0.25) is 0 Å². The second kappa shape index (κ2) is 9.38. The van der Waals surface area contributed by atoms with Crippen molar-refractivity contribution in [3.8, 4) is 0 Å². The molecular formula is C22H22O3. The first kappa shape index (κ1) is 18.4. The lowest BCUT2D eigenvalue weighted by atomic mass is 10.1. The summed E-state index contributed by atoms with van der Waals surface area (Å²) in [5.74, 6) is -0.282. The smallest absolute Gasteiger partial charge is 0.188 e. The second-order valence-electron chi connectivity index (χ2n) is 5.57. The molecule has 25 heavy (non-hydrogen) atoms. The predicted molar refractivity (Wildman–Crippen MR) is 99.7 cm³/mol. The standard InChI is InChI=1S/C22H22O3/c1-3-17-5-9-19(10-6-17)21(23)13-15-25-16-14-22(24)20-11-7-18(4-2)8-12-20/h5-16H,3-4H2,1-2H3. The molecule has 0 bridgehead atoms. The van der Waals surface area contributed by atoms with E-state index in [4.69, 9.17) is 4.74 Å². The molecule has 2 aromatic rings. The molecule has 3 nitrogen and oxygen atoms in total. The van der Waals surface area contributed by atoms with Crippen molar-refractivity contribution >= 4 is 11.6 Å². The lowest BCUT2D eigenvalue weighted by Gasteiger charge is -1.99. The van der Waals surface area contributed by atoms with Crippen LogP contribution in [0.1, 0.15) is 45.7 Å². The summed E-state index contributed by atoms with van der Waals surface area (Å²) in [5.41, 5.74) is 3.58. The fraction of sp³-hybridized carbons (Fsp3) is 0.182. The lowest BCUT2D eigenvalue weighted by Crippen LogP contribution is -1.95. The van der Waals surface area contributed by atoms with Crippen molar-refractivity contribution in [1.29, 1.82) is 0 Å². The van der Waals surface area contributed by atoms with Gasteiger partial charge in [-0.15, -0.1) is 0 Å². The van der Waals surface area contributed by atoms with Crippen molar-refractivity contribution in [3.05, 3.63) is 95.5 Å². The molecule has 0 fully saturated rings. The molecule has 3 heteroatoms. The van der Waals surface area contributed by atoms with Crippen molar-refractivity contribution in [3.63, 3.8) is 0 Å². The van der Waals surface area contributed by atoms with E-state index in [1.807, 2.05) is 24.3 Å². The molecule has 2 rings (SSSR count). The molecule has 0 saturated carbocycles. The van der Waals surface area contributed by atoms with Gasteiger partial charge in [-0.1, -0.05) is 62.4 Å². The van der Waals surface area contributed by atoms with Gasteiger partial charge in [0.2, 0.25) is 0 Å². The number of hydrogen-bond acceptors (Lipinski definition) is 3. The highest BCUT2D eigenvalue weighted by Crippen LogP contribution is 2.08. The summed E-state index contributed by atoms with van der Waals surface area (Å²) < 4.78 is 5.10. The molecule has 0 aliphatic heterocycles. The van der Waals surface area contributed by atoms with E-state index in [1.54, 1.807) is 24.3 Å². The molecule has 0 heterocycles. The van der Waals surface area contributed by atoms with Crippen molar-refractivity contribution in [2.45, 2.75) is 26.7 Å². The van der Waals surface area contributed by atoms with Gasteiger partial charge in [0, 0.05) is 23.3 Å². The number of ether oxygens (including phenoxy) is 1. The van der Waals surface area contributed by atoms with Crippen LogP contribution in [0.3, 0.4) is 0 Å². The Morgan fingerprint density at radius 2 is 1.08 bits per heavy atom. The van der Waals surface area contributed by atoms with E-state index in [-0.39, 0.29) is 11.6 Å². The average molecular weight is 334 g/mol. The third-order valence-corrected chi connectivity index (χ3v) is 3.89. The third-order valence-electron chi connectivity index (χ3n) is 3.89. The van der Waals surface area contributed by atoms with E-state index >= 15 is 0 Å². The fourth-order valence-electron chi connectivity index (χ4n) is 2.25. The Bertz CT molecular complexity index is 698.